The Morgan fingerprint density at radius 3 is 2.95 bits per heavy atom. The van der Waals surface area contributed by atoms with Gasteiger partial charge < -0.3 is 20.3 Å². The highest BCUT2D eigenvalue weighted by Gasteiger charge is 2.05. The van der Waals surface area contributed by atoms with Gasteiger partial charge in [-0.25, -0.2) is 0 Å². The minimum Gasteiger partial charge on any atom is -0.491 e. The molecule has 0 aromatic heterocycles. The van der Waals surface area contributed by atoms with E-state index in [0.717, 1.165) is 36.6 Å². The van der Waals surface area contributed by atoms with Gasteiger partial charge in [0.05, 0.1) is 0 Å². The molecule has 1 unspecified atom stereocenters. The van der Waals surface area contributed by atoms with Crippen LogP contribution in [-0.4, -0.2) is 54.1 Å². The average molecular weight is 313 g/mol. The molecular formula is C16H27NO3S. The van der Waals surface area contributed by atoms with Gasteiger partial charge in [0.1, 0.15) is 18.5 Å². The fourth-order valence-electron chi connectivity index (χ4n) is 1.79. The normalized spacial score (nSPS) is 12.3. The summed E-state index contributed by atoms with van der Waals surface area (Å²) in [4.78, 5) is 0. The number of nitrogens with one attached hydrogen (secondary N) is 1. The summed E-state index contributed by atoms with van der Waals surface area (Å²) < 4.78 is 5.60. The summed E-state index contributed by atoms with van der Waals surface area (Å²) in [5.74, 6) is 2.79. The first kappa shape index (κ1) is 18.3. The lowest BCUT2D eigenvalue weighted by Gasteiger charge is -2.13. The molecule has 0 bridgehead atoms. The summed E-state index contributed by atoms with van der Waals surface area (Å²) in [5, 5.41) is 21.7. The predicted molar refractivity (Wildman–Crippen MR) is 89.2 cm³/mol. The van der Waals surface area contributed by atoms with Crippen LogP contribution in [-0.2, 0) is 6.42 Å². The number of hydrogen-bond donors (Lipinski definition) is 3. The molecule has 0 aliphatic carbocycles. The van der Waals surface area contributed by atoms with Gasteiger partial charge in [-0.3, -0.25) is 0 Å². The highest BCUT2D eigenvalue weighted by atomic mass is 32.2. The molecule has 0 radical (unpaired) electrons. The Morgan fingerprint density at radius 1 is 1.33 bits per heavy atom. The summed E-state index contributed by atoms with van der Waals surface area (Å²) in [6.45, 7) is 4.07. The molecule has 1 aromatic rings. The smallest absolute Gasteiger partial charge is 0.119 e. The molecule has 1 atom stereocenters. The van der Waals surface area contributed by atoms with Gasteiger partial charge in [-0.15, -0.1) is 0 Å². The summed E-state index contributed by atoms with van der Waals surface area (Å²) >= 11 is 1.81. The van der Waals surface area contributed by atoms with Crippen LogP contribution in [0.5, 0.6) is 5.75 Å². The van der Waals surface area contributed by atoms with Crippen LogP contribution in [0.4, 0.5) is 0 Å². The lowest BCUT2D eigenvalue weighted by atomic mass is 10.2. The summed E-state index contributed by atoms with van der Waals surface area (Å²) in [6, 6.07) is 7.97. The van der Waals surface area contributed by atoms with Crippen molar-refractivity contribution in [3.63, 3.8) is 0 Å². The van der Waals surface area contributed by atoms with Gasteiger partial charge in [-0.1, -0.05) is 19.1 Å². The van der Waals surface area contributed by atoms with E-state index in [4.69, 9.17) is 9.84 Å². The van der Waals surface area contributed by atoms with Crippen molar-refractivity contribution in [2.75, 3.05) is 37.8 Å². The molecule has 0 saturated carbocycles. The van der Waals surface area contributed by atoms with Gasteiger partial charge in [0.15, 0.2) is 0 Å². The molecule has 0 heterocycles. The predicted octanol–water partition coefficient (Wildman–Crippen LogP) is 1.69. The maximum Gasteiger partial charge on any atom is 0.119 e. The molecule has 0 aliphatic rings. The van der Waals surface area contributed by atoms with Crippen molar-refractivity contribution in [1.82, 2.24) is 5.32 Å². The second-order valence-corrected chi connectivity index (χ2v) is 6.08. The van der Waals surface area contributed by atoms with Crippen LogP contribution in [0, 0.1) is 0 Å². The number of benzene rings is 1. The molecule has 4 nitrogen and oxygen atoms in total. The zero-order valence-corrected chi connectivity index (χ0v) is 13.6. The van der Waals surface area contributed by atoms with E-state index in [9.17, 15) is 5.11 Å². The zero-order valence-electron chi connectivity index (χ0n) is 12.8. The van der Waals surface area contributed by atoms with Crippen molar-refractivity contribution in [1.29, 1.82) is 0 Å². The Morgan fingerprint density at radius 2 is 2.19 bits per heavy atom. The number of aryl methyl sites for hydroxylation is 1. The van der Waals surface area contributed by atoms with E-state index in [1.165, 1.54) is 5.56 Å². The Balaban J connectivity index is 2.06. The summed E-state index contributed by atoms with van der Waals surface area (Å²) in [7, 11) is 0. The van der Waals surface area contributed by atoms with E-state index >= 15 is 0 Å². The molecule has 1 rings (SSSR count). The van der Waals surface area contributed by atoms with E-state index in [0.29, 0.717) is 13.2 Å². The van der Waals surface area contributed by atoms with Gasteiger partial charge >= 0.3 is 0 Å². The Bertz CT molecular complexity index is 376. The van der Waals surface area contributed by atoms with Crippen LogP contribution in [0.15, 0.2) is 24.3 Å². The maximum absolute atomic E-state index is 9.85. The topological polar surface area (TPSA) is 61.7 Å². The molecule has 1 aromatic carbocycles. The number of aliphatic hydroxyl groups is 2. The molecule has 0 saturated heterocycles. The van der Waals surface area contributed by atoms with Gasteiger partial charge in [0, 0.05) is 25.4 Å². The fourth-order valence-corrected chi connectivity index (χ4v) is 2.61. The molecule has 0 fully saturated rings. The maximum atomic E-state index is 9.85. The third-order valence-corrected chi connectivity index (χ3v) is 4.07. The molecule has 0 aliphatic heterocycles. The molecule has 0 spiro atoms. The van der Waals surface area contributed by atoms with Crippen molar-refractivity contribution in [2.24, 2.45) is 0 Å². The fraction of sp³-hybridized carbons (Fsp3) is 0.625. The quantitative estimate of drug-likeness (QED) is 0.513. The second kappa shape index (κ2) is 11.9. The molecule has 0 amide bonds. The van der Waals surface area contributed by atoms with Crippen LogP contribution in [0.3, 0.4) is 0 Å². The number of aliphatic hydroxyl groups excluding tert-OH is 2. The monoisotopic (exact) mass is 313 g/mol. The molecule has 21 heavy (non-hydrogen) atoms. The number of rotatable bonds is 12. The number of thioether (sulfide) groups is 1. The Kier molecular flexibility index (Phi) is 10.3. The average Bonchev–Trinajstić information content (AvgIpc) is 2.52. The SMILES string of the molecule is CCc1cccc(OCC(O)CNCCSCCCO)c1. The van der Waals surface area contributed by atoms with Crippen LogP contribution in [0.1, 0.15) is 18.9 Å². The van der Waals surface area contributed by atoms with Crippen molar-refractivity contribution in [3.05, 3.63) is 29.8 Å². The number of ether oxygens (including phenoxy) is 1. The standard InChI is InChI=1S/C16H27NO3S/c1-2-14-5-3-6-16(11-14)20-13-15(19)12-17-7-10-21-9-4-8-18/h3,5-6,11,15,17-19H,2,4,7-10,12-13H2,1H3. The van der Waals surface area contributed by atoms with Crippen molar-refractivity contribution in [2.45, 2.75) is 25.9 Å². The van der Waals surface area contributed by atoms with Crippen molar-refractivity contribution < 1.29 is 14.9 Å². The van der Waals surface area contributed by atoms with Crippen molar-refractivity contribution in [3.8, 4) is 5.75 Å². The van der Waals surface area contributed by atoms with Gasteiger partial charge in [0.25, 0.3) is 0 Å². The first-order valence-corrected chi connectivity index (χ1v) is 8.70. The van der Waals surface area contributed by atoms with Crippen LogP contribution in [0.2, 0.25) is 0 Å². The first-order chi connectivity index (χ1) is 10.3. The highest BCUT2D eigenvalue weighted by Crippen LogP contribution is 2.13. The van der Waals surface area contributed by atoms with E-state index in [1.807, 2.05) is 30.0 Å². The first-order valence-electron chi connectivity index (χ1n) is 7.55. The lowest BCUT2D eigenvalue weighted by molar-refractivity contribution is 0.107. The molecular weight excluding hydrogens is 286 g/mol. The van der Waals surface area contributed by atoms with Crippen molar-refractivity contribution >= 4 is 11.8 Å². The van der Waals surface area contributed by atoms with Gasteiger partial charge in [0.2, 0.25) is 0 Å². The van der Waals surface area contributed by atoms with E-state index in [1.54, 1.807) is 0 Å². The zero-order chi connectivity index (χ0) is 15.3. The van der Waals surface area contributed by atoms with Gasteiger partial charge in [-0.05, 0) is 36.3 Å². The second-order valence-electron chi connectivity index (χ2n) is 4.86. The van der Waals surface area contributed by atoms with E-state index in [2.05, 4.69) is 18.3 Å². The van der Waals surface area contributed by atoms with Crippen LogP contribution < -0.4 is 10.1 Å². The molecule has 120 valence electrons. The van der Waals surface area contributed by atoms with Crippen LogP contribution >= 0.6 is 11.8 Å². The van der Waals surface area contributed by atoms with E-state index < -0.39 is 6.10 Å². The van der Waals surface area contributed by atoms with Gasteiger partial charge in [-0.2, -0.15) is 11.8 Å². The minimum absolute atomic E-state index is 0.260. The largest absolute Gasteiger partial charge is 0.491 e. The van der Waals surface area contributed by atoms with Crippen LogP contribution in [0.25, 0.3) is 0 Å². The minimum atomic E-state index is -0.502. The number of hydrogen-bond acceptors (Lipinski definition) is 5. The summed E-state index contributed by atoms with van der Waals surface area (Å²) in [6.07, 6.45) is 1.32. The molecule has 5 heteroatoms. The molecule has 3 N–H and O–H groups in total. The highest BCUT2D eigenvalue weighted by molar-refractivity contribution is 7.99. The Hall–Kier alpha value is -0.750. The lowest BCUT2D eigenvalue weighted by Crippen LogP contribution is -2.32. The summed E-state index contributed by atoms with van der Waals surface area (Å²) in [5.41, 5.74) is 1.24. The van der Waals surface area contributed by atoms with E-state index in [-0.39, 0.29) is 6.61 Å². The third-order valence-electron chi connectivity index (χ3n) is 3.00. The third kappa shape index (κ3) is 8.98. The Labute approximate surface area is 131 Å².